The van der Waals surface area contributed by atoms with Gasteiger partial charge in [-0.3, -0.25) is 0 Å². The Hall–Kier alpha value is -3.72. The second-order valence-electron chi connectivity index (χ2n) is 6.11. The number of hydrogen-bond acceptors (Lipinski definition) is 3. The lowest BCUT2D eigenvalue weighted by Gasteiger charge is -2.12. The van der Waals surface area contributed by atoms with Gasteiger partial charge in [0.1, 0.15) is 23.0 Å². The van der Waals surface area contributed by atoms with Crippen molar-refractivity contribution in [1.82, 2.24) is 0 Å². The van der Waals surface area contributed by atoms with E-state index in [4.69, 9.17) is 15.2 Å². The predicted octanol–water partition coefficient (Wildman–Crippen LogP) is 6.52. The van der Waals surface area contributed by atoms with Crippen LogP contribution in [-0.2, 0) is 0 Å². The lowest BCUT2D eigenvalue weighted by atomic mass is 10.0. The highest BCUT2D eigenvalue weighted by atomic mass is 16.5. The molecule has 0 fully saturated rings. The standard InChI is InChI=1S/C24H19NO2/c25-19-8-6-7-18(17-19)23-11-4-5-12-24(23)27-22-15-13-21(14-16-22)26-20-9-2-1-3-10-20/h1-17H,25H2. The molecule has 0 radical (unpaired) electrons. The monoisotopic (exact) mass is 353 g/mol. The third kappa shape index (κ3) is 4.10. The number of nitrogen functional groups attached to an aromatic ring is 1. The van der Waals surface area contributed by atoms with Crippen molar-refractivity contribution >= 4 is 5.69 Å². The Morgan fingerprint density at radius 3 is 1.89 bits per heavy atom. The van der Waals surface area contributed by atoms with Gasteiger partial charge >= 0.3 is 0 Å². The lowest BCUT2D eigenvalue weighted by Crippen LogP contribution is -1.90. The van der Waals surface area contributed by atoms with Gasteiger partial charge in [0, 0.05) is 11.3 Å². The van der Waals surface area contributed by atoms with E-state index in [1.165, 1.54) is 0 Å². The quantitative estimate of drug-likeness (QED) is 0.415. The fourth-order valence-corrected chi connectivity index (χ4v) is 2.83. The van der Waals surface area contributed by atoms with E-state index in [-0.39, 0.29) is 0 Å². The highest BCUT2D eigenvalue weighted by molar-refractivity contribution is 5.73. The number of ether oxygens (including phenoxy) is 2. The van der Waals surface area contributed by atoms with Gasteiger partial charge in [-0.15, -0.1) is 0 Å². The summed E-state index contributed by atoms with van der Waals surface area (Å²) in [6.07, 6.45) is 0. The van der Waals surface area contributed by atoms with Crippen LogP contribution in [0.25, 0.3) is 11.1 Å². The second kappa shape index (κ2) is 7.67. The van der Waals surface area contributed by atoms with Crippen LogP contribution >= 0.6 is 0 Å². The fraction of sp³-hybridized carbons (Fsp3) is 0. The van der Waals surface area contributed by atoms with Crippen LogP contribution in [0.2, 0.25) is 0 Å². The van der Waals surface area contributed by atoms with E-state index in [9.17, 15) is 0 Å². The molecule has 3 heteroatoms. The number of hydrogen-bond donors (Lipinski definition) is 1. The molecule has 0 saturated heterocycles. The van der Waals surface area contributed by atoms with E-state index < -0.39 is 0 Å². The van der Waals surface area contributed by atoms with E-state index in [2.05, 4.69) is 0 Å². The number of benzene rings is 4. The minimum Gasteiger partial charge on any atom is -0.457 e. The summed E-state index contributed by atoms with van der Waals surface area (Å²) in [5.74, 6) is 3.09. The third-order valence-corrected chi connectivity index (χ3v) is 4.12. The van der Waals surface area contributed by atoms with Crippen LogP contribution in [0.15, 0.2) is 103 Å². The van der Waals surface area contributed by atoms with Crippen molar-refractivity contribution in [2.45, 2.75) is 0 Å². The fourth-order valence-electron chi connectivity index (χ4n) is 2.83. The molecular weight excluding hydrogens is 334 g/mol. The summed E-state index contributed by atoms with van der Waals surface area (Å²) in [4.78, 5) is 0. The maximum Gasteiger partial charge on any atom is 0.135 e. The minimum atomic E-state index is 0.727. The van der Waals surface area contributed by atoms with E-state index in [1.807, 2.05) is 103 Å². The molecule has 4 aromatic rings. The highest BCUT2D eigenvalue weighted by Crippen LogP contribution is 2.34. The normalized spacial score (nSPS) is 10.4. The number of rotatable bonds is 5. The summed E-state index contributed by atoms with van der Waals surface area (Å²) in [6, 6.07) is 33.0. The predicted molar refractivity (Wildman–Crippen MR) is 109 cm³/mol. The molecule has 4 rings (SSSR count). The maximum absolute atomic E-state index is 6.11. The van der Waals surface area contributed by atoms with Crippen molar-refractivity contribution in [3.05, 3.63) is 103 Å². The molecule has 0 amide bonds. The second-order valence-corrected chi connectivity index (χ2v) is 6.11. The SMILES string of the molecule is Nc1cccc(-c2ccccc2Oc2ccc(Oc3ccccc3)cc2)c1. The Kier molecular flexibility index (Phi) is 4.75. The van der Waals surface area contributed by atoms with Gasteiger partial charge in [-0.2, -0.15) is 0 Å². The van der Waals surface area contributed by atoms with Gasteiger partial charge in [-0.05, 0) is 60.2 Å². The van der Waals surface area contributed by atoms with Crippen LogP contribution in [0, 0.1) is 0 Å². The van der Waals surface area contributed by atoms with Crippen LogP contribution in [0.4, 0.5) is 5.69 Å². The molecule has 0 aliphatic carbocycles. The lowest BCUT2D eigenvalue weighted by molar-refractivity contribution is 0.470. The van der Waals surface area contributed by atoms with Gasteiger partial charge in [-0.1, -0.05) is 48.5 Å². The van der Waals surface area contributed by atoms with Crippen molar-refractivity contribution in [2.75, 3.05) is 5.73 Å². The van der Waals surface area contributed by atoms with Crippen LogP contribution in [-0.4, -0.2) is 0 Å². The summed E-state index contributed by atoms with van der Waals surface area (Å²) < 4.78 is 11.9. The molecule has 0 heterocycles. The molecule has 0 saturated carbocycles. The van der Waals surface area contributed by atoms with Crippen molar-refractivity contribution in [1.29, 1.82) is 0 Å². The van der Waals surface area contributed by atoms with E-state index >= 15 is 0 Å². The molecule has 2 N–H and O–H groups in total. The summed E-state index contributed by atoms with van der Waals surface area (Å²) in [6.45, 7) is 0. The molecule has 132 valence electrons. The van der Waals surface area contributed by atoms with Crippen molar-refractivity contribution < 1.29 is 9.47 Å². The Balaban J connectivity index is 1.55. The highest BCUT2D eigenvalue weighted by Gasteiger charge is 2.07. The molecule has 0 bridgehead atoms. The molecule has 0 aliphatic rings. The first-order valence-corrected chi connectivity index (χ1v) is 8.74. The first-order valence-electron chi connectivity index (χ1n) is 8.74. The zero-order chi connectivity index (χ0) is 18.5. The van der Waals surface area contributed by atoms with E-state index in [0.29, 0.717) is 0 Å². The Morgan fingerprint density at radius 1 is 0.519 bits per heavy atom. The van der Waals surface area contributed by atoms with Crippen LogP contribution in [0.5, 0.6) is 23.0 Å². The summed E-state index contributed by atoms with van der Waals surface area (Å²) >= 11 is 0. The first-order chi connectivity index (χ1) is 13.3. The van der Waals surface area contributed by atoms with Crippen LogP contribution in [0.1, 0.15) is 0 Å². The van der Waals surface area contributed by atoms with Gasteiger partial charge in [0.25, 0.3) is 0 Å². The average molecular weight is 353 g/mol. The van der Waals surface area contributed by atoms with Gasteiger partial charge in [0.05, 0.1) is 0 Å². The molecule has 0 unspecified atom stereocenters. The summed E-state index contributed by atoms with van der Waals surface area (Å²) in [5, 5.41) is 0. The first kappa shape index (κ1) is 16.7. The largest absolute Gasteiger partial charge is 0.457 e. The molecule has 27 heavy (non-hydrogen) atoms. The summed E-state index contributed by atoms with van der Waals surface area (Å²) in [7, 11) is 0. The number of para-hydroxylation sites is 2. The van der Waals surface area contributed by atoms with Gasteiger partial charge in [0.2, 0.25) is 0 Å². The van der Waals surface area contributed by atoms with Crippen molar-refractivity contribution in [2.24, 2.45) is 0 Å². The minimum absolute atomic E-state index is 0.727. The zero-order valence-corrected chi connectivity index (χ0v) is 14.7. The average Bonchev–Trinajstić information content (AvgIpc) is 2.71. The van der Waals surface area contributed by atoms with E-state index in [0.717, 1.165) is 39.8 Å². The molecule has 3 nitrogen and oxygen atoms in total. The topological polar surface area (TPSA) is 44.5 Å². The van der Waals surface area contributed by atoms with Crippen LogP contribution in [0.3, 0.4) is 0 Å². The molecule has 0 aromatic heterocycles. The van der Waals surface area contributed by atoms with E-state index in [1.54, 1.807) is 0 Å². The number of nitrogens with two attached hydrogens (primary N) is 1. The smallest absolute Gasteiger partial charge is 0.135 e. The third-order valence-electron chi connectivity index (χ3n) is 4.12. The van der Waals surface area contributed by atoms with Crippen LogP contribution < -0.4 is 15.2 Å². The van der Waals surface area contributed by atoms with Gasteiger partial charge in [0.15, 0.2) is 0 Å². The molecule has 0 aliphatic heterocycles. The van der Waals surface area contributed by atoms with Gasteiger partial charge < -0.3 is 15.2 Å². The van der Waals surface area contributed by atoms with Crippen molar-refractivity contribution in [3.63, 3.8) is 0 Å². The Morgan fingerprint density at radius 2 is 1.15 bits per heavy atom. The summed E-state index contributed by atoms with van der Waals surface area (Å²) in [5.41, 5.74) is 8.67. The molecule has 0 atom stereocenters. The maximum atomic E-state index is 6.11. The Labute approximate surface area is 158 Å². The Bertz CT molecular complexity index is 1030. The number of anilines is 1. The molecular formula is C24H19NO2. The molecule has 4 aromatic carbocycles. The molecule has 0 spiro atoms. The zero-order valence-electron chi connectivity index (χ0n) is 14.7. The van der Waals surface area contributed by atoms with Gasteiger partial charge in [-0.25, -0.2) is 0 Å². The van der Waals surface area contributed by atoms with Crippen molar-refractivity contribution in [3.8, 4) is 34.1 Å².